The molecular formula is C8H6ClN3OS. The van der Waals surface area contributed by atoms with Crippen LogP contribution < -0.4 is 5.32 Å². The van der Waals surface area contributed by atoms with Gasteiger partial charge in [-0.15, -0.1) is 11.3 Å². The van der Waals surface area contributed by atoms with Crippen molar-refractivity contribution in [2.45, 2.75) is 0 Å². The average Bonchev–Trinajstić information content (AvgIpc) is 2.75. The van der Waals surface area contributed by atoms with Crippen molar-refractivity contribution in [3.63, 3.8) is 0 Å². The number of hydrogen-bond acceptors (Lipinski definition) is 3. The van der Waals surface area contributed by atoms with E-state index in [-0.39, 0.29) is 5.91 Å². The SMILES string of the molecule is O=C(Nc1nccs1)c1cc(Cl)c[nH]1. The van der Waals surface area contributed by atoms with Crippen molar-refractivity contribution in [1.29, 1.82) is 0 Å². The molecule has 0 aliphatic heterocycles. The Hall–Kier alpha value is -1.33. The Kier molecular flexibility index (Phi) is 2.51. The smallest absolute Gasteiger partial charge is 0.273 e. The fourth-order valence-corrected chi connectivity index (χ4v) is 1.64. The molecule has 2 rings (SSSR count). The standard InChI is InChI=1S/C8H6ClN3OS/c9-5-3-6(11-4-5)7(13)12-8-10-1-2-14-8/h1-4,11H,(H,10,12,13). The highest BCUT2D eigenvalue weighted by Crippen LogP contribution is 2.14. The molecule has 0 aliphatic carbocycles. The van der Waals surface area contributed by atoms with Crippen LogP contribution in [-0.4, -0.2) is 15.9 Å². The van der Waals surface area contributed by atoms with Gasteiger partial charge < -0.3 is 4.98 Å². The summed E-state index contributed by atoms with van der Waals surface area (Å²) in [4.78, 5) is 18.2. The minimum Gasteiger partial charge on any atom is -0.356 e. The number of anilines is 1. The van der Waals surface area contributed by atoms with Crippen molar-refractivity contribution in [1.82, 2.24) is 9.97 Å². The van der Waals surface area contributed by atoms with Gasteiger partial charge in [0.2, 0.25) is 0 Å². The first-order valence-electron chi connectivity index (χ1n) is 3.80. The number of H-pyrrole nitrogens is 1. The zero-order valence-electron chi connectivity index (χ0n) is 6.95. The van der Waals surface area contributed by atoms with Gasteiger partial charge in [0, 0.05) is 17.8 Å². The minimum atomic E-state index is -0.244. The molecule has 0 aliphatic rings. The maximum atomic E-state index is 11.5. The van der Waals surface area contributed by atoms with Gasteiger partial charge in [0.05, 0.1) is 5.02 Å². The maximum absolute atomic E-state index is 11.5. The Morgan fingerprint density at radius 2 is 2.50 bits per heavy atom. The molecule has 2 N–H and O–H groups in total. The molecule has 0 unspecified atom stereocenters. The molecule has 0 saturated heterocycles. The van der Waals surface area contributed by atoms with Gasteiger partial charge in [-0.05, 0) is 6.07 Å². The topological polar surface area (TPSA) is 57.8 Å². The first kappa shape index (κ1) is 9.23. The highest BCUT2D eigenvalue weighted by molar-refractivity contribution is 7.13. The third-order valence-electron chi connectivity index (χ3n) is 1.55. The molecule has 0 spiro atoms. The van der Waals surface area contributed by atoms with Gasteiger partial charge in [0.25, 0.3) is 5.91 Å². The highest BCUT2D eigenvalue weighted by atomic mass is 35.5. The first-order valence-corrected chi connectivity index (χ1v) is 5.06. The van der Waals surface area contributed by atoms with Crippen LogP contribution in [-0.2, 0) is 0 Å². The van der Waals surface area contributed by atoms with Crippen LogP contribution in [0.15, 0.2) is 23.8 Å². The zero-order chi connectivity index (χ0) is 9.97. The predicted molar refractivity (Wildman–Crippen MR) is 55.9 cm³/mol. The number of carbonyl (C=O) groups is 1. The first-order chi connectivity index (χ1) is 6.75. The summed E-state index contributed by atoms with van der Waals surface area (Å²) >= 11 is 7.02. The number of aromatic nitrogens is 2. The van der Waals surface area contributed by atoms with E-state index in [1.807, 2.05) is 0 Å². The van der Waals surface area contributed by atoms with E-state index in [0.717, 1.165) is 0 Å². The molecule has 4 nitrogen and oxygen atoms in total. The molecule has 2 aromatic heterocycles. The average molecular weight is 228 g/mol. The molecular weight excluding hydrogens is 222 g/mol. The van der Waals surface area contributed by atoms with Crippen molar-refractivity contribution in [3.05, 3.63) is 34.6 Å². The molecule has 1 amide bonds. The lowest BCUT2D eigenvalue weighted by Crippen LogP contribution is -2.11. The van der Waals surface area contributed by atoms with Crippen molar-refractivity contribution < 1.29 is 4.79 Å². The predicted octanol–water partition coefficient (Wildman–Crippen LogP) is 2.38. The van der Waals surface area contributed by atoms with Crippen molar-refractivity contribution >= 4 is 34.0 Å². The largest absolute Gasteiger partial charge is 0.356 e. The zero-order valence-corrected chi connectivity index (χ0v) is 8.52. The Labute approximate surface area is 88.9 Å². The van der Waals surface area contributed by atoms with E-state index in [4.69, 9.17) is 11.6 Å². The molecule has 0 saturated carbocycles. The molecule has 0 radical (unpaired) electrons. The van der Waals surface area contributed by atoms with Crippen LogP contribution in [0.25, 0.3) is 0 Å². The van der Waals surface area contributed by atoms with E-state index in [9.17, 15) is 4.79 Å². The fourth-order valence-electron chi connectivity index (χ4n) is 0.949. The number of nitrogens with zero attached hydrogens (tertiary/aromatic N) is 1. The summed E-state index contributed by atoms with van der Waals surface area (Å²) in [5.41, 5.74) is 0.421. The summed E-state index contributed by atoms with van der Waals surface area (Å²) < 4.78 is 0. The van der Waals surface area contributed by atoms with E-state index >= 15 is 0 Å². The van der Waals surface area contributed by atoms with Crippen LogP contribution in [0.4, 0.5) is 5.13 Å². The molecule has 2 heterocycles. The number of halogens is 1. The summed E-state index contributed by atoms with van der Waals surface area (Å²) in [5, 5.41) is 5.50. The monoisotopic (exact) mass is 227 g/mol. The molecule has 0 fully saturated rings. The van der Waals surface area contributed by atoms with Gasteiger partial charge in [-0.3, -0.25) is 10.1 Å². The van der Waals surface area contributed by atoms with Crippen LogP contribution in [0, 0.1) is 0 Å². The second kappa shape index (κ2) is 3.81. The van der Waals surface area contributed by atoms with E-state index < -0.39 is 0 Å². The van der Waals surface area contributed by atoms with Crippen LogP contribution in [0.5, 0.6) is 0 Å². The van der Waals surface area contributed by atoms with Gasteiger partial charge in [0.15, 0.2) is 5.13 Å². The van der Waals surface area contributed by atoms with Gasteiger partial charge in [-0.25, -0.2) is 4.98 Å². The Balaban J connectivity index is 2.10. The summed E-state index contributed by atoms with van der Waals surface area (Å²) in [5.74, 6) is -0.244. The molecule has 0 bridgehead atoms. The molecule has 0 aromatic carbocycles. The number of aromatic amines is 1. The van der Waals surface area contributed by atoms with E-state index in [2.05, 4.69) is 15.3 Å². The Morgan fingerprint density at radius 3 is 3.07 bits per heavy atom. The molecule has 2 aromatic rings. The number of nitrogens with one attached hydrogen (secondary N) is 2. The van der Waals surface area contributed by atoms with Crippen molar-refractivity contribution in [3.8, 4) is 0 Å². The van der Waals surface area contributed by atoms with Crippen molar-refractivity contribution in [2.75, 3.05) is 5.32 Å². The van der Waals surface area contributed by atoms with Crippen LogP contribution in [0.2, 0.25) is 5.02 Å². The van der Waals surface area contributed by atoms with E-state index in [1.165, 1.54) is 11.3 Å². The summed E-state index contributed by atoms with van der Waals surface area (Å²) in [7, 11) is 0. The third-order valence-corrected chi connectivity index (χ3v) is 2.45. The number of rotatable bonds is 2. The second-order valence-electron chi connectivity index (χ2n) is 2.52. The quantitative estimate of drug-likeness (QED) is 0.828. The summed E-state index contributed by atoms with van der Waals surface area (Å²) in [6.07, 6.45) is 3.18. The van der Waals surface area contributed by atoms with Gasteiger partial charge in [-0.2, -0.15) is 0 Å². The summed E-state index contributed by atoms with van der Waals surface area (Å²) in [6, 6.07) is 1.56. The van der Waals surface area contributed by atoms with Gasteiger partial charge in [0.1, 0.15) is 5.69 Å². The third kappa shape index (κ3) is 1.94. The lowest BCUT2D eigenvalue weighted by Gasteiger charge is -1.97. The normalized spacial score (nSPS) is 10.1. The van der Waals surface area contributed by atoms with Crippen LogP contribution >= 0.6 is 22.9 Å². The molecule has 72 valence electrons. The Morgan fingerprint density at radius 1 is 1.64 bits per heavy atom. The molecule has 6 heteroatoms. The number of hydrogen-bond donors (Lipinski definition) is 2. The lowest BCUT2D eigenvalue weighted by molar-refractivity contribution is 0.102. The number of thiazole rings is 1. The summed E-state index contributed by atoms with van der Waals surface area (Å²) in [6.45, 7) is 0. The van der Waals surface area contributed by atoms with Crippen molar-refractivity contribution in [2.24, 2.45) is 0 Å². The Bertz CT molecular complexity index is 437. The molecule has 0 atom stereocenters. The van der Waals surface area contributed by atoms with Gasteiger partial charge >= 0.3 is 0 Å². The fraction of sp³-hybridized carbons (Fsp3) is 0. The second-order valence-corrected chi connectivity index (χ2v) is 3.85. The van der Waals surface area contributed by atoms with Crippen LogP contribution in [0.1, 0.15) is 10.5 Å². The van der Waals surface area contributed by atoms with E-state index in [0.29, 0.717) is 15.8 Å². The van der Waals surface area contributed by atoms with E-state index in [1.54, 1.807) is 23.8 Å². The van der Waals surface area contributed by atoms with Crippen LogP contribution in [0.3, 0.4) is 0 Å². The lowest BCUT2D eigenvalue weighted by atomic mass is 10.4. The van der Waals surface area contributed by atoms with Gasteiger partial charge in [-0.1, -0.05) is 11.6 Å². The maximum Gasteiger partial charge on any atom is 0.273 e. The highest BCUT2D eigenvalue weighted by Gasteiger charge is 2.08. The minimum absolute atomic E-state index is 0.244. The molecule has 14 heavy (non-hydrogen) atoms. The number of carbonyl (C=O) groups excluding carboxylic acids is 1. The number of amides is 1.